The lowest BCUT2D eigenvalue weighted by Crippen LogP contribution is -2.33. The topological polar surface area (TPSA) is 35.5 Å². The molecule has 25 heavy (non-hydrogen) atoms. The molecule has 2 aromatic rings. The molecule has 0 fully saturated rings. The summed E-state index contributed by atoms with van der Waals surface area (Å²) in [6.07, 6.45) is -5.67. The number of halogens is 5. The van der Waals surface area contributed by atoms with Gasteiger partial charge in [-0.2, -0.15) is 22.0 Å². The third-order valence-corrected chi connectivity index (χ3v) is 3.17. The zero-order valence-corrected chi connectivity index (χ0v) is 12.9. The number of carbonyl (C=O) groups excluding carboxylic acids is 1. The molecule has 0 N–H and O–H groups in total. The minimum Gasteiger partial charge on any atom is -0.462 e. The molecule has 0 saturated heterocycles. The Hall–Kier alpha value is -2.64. The van der Waals surface area contributed by atoms with E-state index in [9.17, 15) is 26.7 Å². The van der Waals surface area contributed by atoms with Gasteiger partial charge in [0, 0.05) is 5.56 Å². The van der Waals surface area contributed by atoms with E-state index in [4.69, 9.17) is 9.47 Å². The van der Waals surface area contributed by atoms with E-state index in [0.717, 1.165) is 12.1 Å². The highest BCUT2D eigenvalue weighted by molar-refractivity contribution is 5.89. The van der Waals surface area contributed by atoms with Crippen molar-refractivity contribution in [1.29, 1.82) is 0 Å². The average molecular weight is 360 g/mol. The fraction of sp³-hybridized carbons (Fsp3) is 0.235. The van der Waals surface area contributed by atoms with Gasteiger partial charge in [-0.1, -0.05) is 0 Å². The van der Waals surface area contributed by atoms with Crippen LogP contribution in [0.3, 0.4) is 0 Å². The van der Waals surface area contributed by atoms with E-state index >= 15 is 0 Å². The summed E-state index contributed by atoms with van der Waals surface area (Å²) in [5, 5.41) is 0. The third kappa shape index (κ3) is 4.26. The molecule has 0 radical (unpaired) electrons. The largest absolute Gasteiger partial charge is 0.462 e. The molecule has 0 heterocycles. The molecule has 134 valence electrons. The maximum absolute atomic E-state index is 13.2. The van der Waals surface area contributed by atoms with Gasteiger partial charge in [0.25, 0.3) is 0 Å². The average Bonchev–Trinajstić information content (AvgIpc) is 2.55. The second kappa shape index (κ2) is 7.08. The van der Waals surface area contributed by atoms with E-state index in [0.29, 0.717) is 17.7 Å². The van der Waals surface area contributed by atoms with E-state index in [1.165, 1.54) is 24.3 Å². The Kier molecular flexibility index (Phi) is 5.30. The molecule has 0 spiro atoms. The second-order valence-electron chi connectivity index (χ2n) is 4.94. The fourth-order valence-corrected chi connectivity index (χ4v) is 1.91. The van der Waals surface area contributed by atoms with Crippen molar-refractivity contribution < 1.29 is 36.2 Å². The van der Waals surface area contributed by atoms with Crippen LogP contribution in [0.25, 0.3) is 0 Å². The molecule has 0 aliphatic rings. The Balaban J connectivity index is 2.10. The van der Waals surface area contributed by atoms with Gasteiger partial charge in [-0.15, -0.1) is 0 Å². The zero-order valence-electron chi connectivity index (χ0n) is 12.9. The number of carbonyl (C=O) groups is 1. The van der Waals surface area contributed by atoms with Gasteiger partial charge in [0.2, 0.25) is 0 Å². The highest BCUT2D eigenvalue weighted by Gasteiger charge is 2.58. The van der Waals surface area contributed by atoms with E-state index in [2.05, 4.69) is 0 Å². The monoisotopic (exact) mass is 360 g/mol. The number of hydrogen-bond donors (Lipinski definition) is 0. The van der Waals surface area contributed by atoms with Crippen molar-refractivity contribution in [2.45, 2.75) is 19.0 Å². The summed E-state index contributed by atoms with van der Waals surface area (Å²) >= 11 is 0. The van der Waals surface area contributed by atoms with Gasteiger partial charge >= 0.3 is 18.1 Å². The predicted molar refractivity (Wildman–Crippen MR) is 78.9 cm³/mol. The summed E-state index contributed by atoms with van der Waals surface area (Å²) < 4.78 is 73.5. The third-order valence-electron chi connectivity index (χ3n) is 3.17. The number of alkyl halides is 5. The minimum absolute atomic E-state index is 0.0746. The SMILES string of the molecule is CCOC(=O)c1ccc(Oc2ccc(C(F)(F)C(F)(F)F)cc2)cc1. The van der Waals surface area contributed by atoms with Crippen LogP contribution in [0.5, 0.6) is 11.5 Å². The van der Waals surface area contributed by atoms with Gasteiger partial charge < -0.3 is 9.47 Å². The molecule has 0 aliphatic heterocycles. The summed E-state index contributed by atoms with van der Waals surface area (Å²) in [7, 11) is 0. The van der Waals surface area contributed by atoms with Crippen LogP contribution in [0.15, 0.2) is 48.5 Å². The van der Waals surface area contributed by atoms with Crippen LogP contribution in [-0.2, 0) is 10.7 Å². The Morgan fingerprint density at radius 1 is 0.880 bits per heavy atom. The standard InChI is InChI=1S/C17H13F5O3/c1-2-24-15(23)11-3-7-13(8-4-11)25-14-9-5-12(6-10-14)16(18,19)17(20,21)22/h3-10H,2H2,1H3. The van der Waals surface area contributed by atoms with E-state index in [1.54, 1.807) is 6.92 Å². The molecule has 0 atom stereocenters. The highest BCUT2D eigenvalue weighted by Crippen LogP contribution is 2.44. The smallest absolute Gasteiger partial charge is 0.458 e. The number of esters is 1. The lowest BCUT2D eigenvalue weighted by Gasteiger charge is -2.20. The van der Waals surface area contributed by atoms with Gasteiger partial charge in [0.05, 0.1) is 12.2 Å². The lowest BCUT2D eigenvalue weighted by atomic mass is 10.1. The Bertz CT molecular complexity index is 721. The summed E-state index contributed by atoms with van der Waals surface area (Å²) in [4.78, 5) is 11.5. The molecule has 8 heteroatoms. The van der Waals surface area contributed by atoms with Crippen molar-refractivity contribution in [3.05, 3.63) is 59.7 Å². The summed E-state index contributed by atoms with van der Waals surface area (Å²) in [6.45, 7) is 1.90. The maximum Gasteiger partial charge on any atom is 0.458 e. The Morgan fingerprint density at radius 3 is 1.80 bits per heavy atom. The first kappa shape index (κ1) is 18.7. The molecule has 0 aliphatic carbocycles. The summed E-state index contributed by atoms with van der Waals surface area (Å²) in [5.41, 5.74) is -0.876. The summed E-state index contributed by atoms with van der Waals surface area (Å²) in [6, 6.07) is 9.10. The molecule has 0 saturated carbocycles. The minimum atomic E-state index is -5.67. The number of rotatable bonds is 5. The molecule has 3 nitrogen and oxygen atoms in total. The molecular weight excluding hydrogens is 347 g/mol. The Labute approximate surface area is 140 Å². The quantitative estimate of drug-likeness (QED) is 0.535. The van der Waals surface area contributed by atoms with Crippen LogP contribution in [0.2, 0.25) is 0 Å². The molecule has 0 amide bonds. The van der Waals surface area contributed by atoms with Gasteiger partial charge in [-0.25, -0.2) is 4.79 Å². The van der Waals surface area contributed by atoms with Gasteiger partial charge in [-0.3, -0.25) is 0 Å². The molecule has 2 rings (SSSR count). The van der Waals surface area contributed by atoms with Gasteiger partial charge in [0.1, 0.15) is 11.5 Å². The normalized spacial score (nSPS) is 11.9. The Morgan fingerprint density at radius 2 is 1.36 bits per heavy atom. The van der Waals surface area contributed by atoms with Crippen molar-refractivity contribution in [2.24, 2.45) is 0 Å². The molecule has 0 unspecified atom stereocenters. The first-order chi connectivity index (χ1) is 11.6. The first-order valence-electron chi connectivity index (χ1n) is 7.15. The number of benzene rings is 2. The van der Waals surface area contributed by atoms with Gasteiger partial charge in [0.15, 0.2) is 0 Å². The molecule has 0 bridgehead atoms. The molecule has 2 aromatic carbocycles. The van der Waals surface area contributed by atoms with E-state index in [1.807, 2.05) is 0 Å². The number of hydrogen-bond acceptors (Lipinski definition) is 3. The maximum atomic E-state index is 13.2. The van der Waals surface area contributed by atoms with E-state index < -0.39 is 23.6 Å². The van der Waals surface area contributed by atoms with Crippen molar-refractivity contribution >= 4 is 5.97 Å². The predicted octanol–water partition coefficient (Wildman–Crippen LogP) is 5.31. The van der Waals surface area contributed by atoms with Crippen LogP contribution in [0.1, 0.15) is 22.8 Å². The first-order valence-corrected chi connectivity index (χ1v) is 7.15. The molecular formula is C17H13F5O3. The lowest BCUT2D eigenvalue weighted by molar-refractivity contribution is -0.289. The second-order valence-corrected chi connectivity index (χ2v) is 4.94. The van der Waals surface area contributed by atoms with Crippen LogP contribution < -0.4 is 4.74 Å². The van der Waals surface area contributed by atoms with Crippen molar-refractivity contribution in [3.8, 4) is 11.5 Å². The van der Waals surface area contributed by atoms with Crippen molar-refractivity contribution in [3.63, 3.8) is 0 Å². The van der Waals surface area contributed by atoms with E-state index in [-0.39, 0.29) is 18.1 Å². The van der Waals surface area contributed by atoms with Crippen LogP contribution in [-0.4, -0.2) is 18.8 Å². The summed E-state index contributed by atoms with van der Waals surface area (Å²) in [5.74, 6) is -5.09. The molecule has 0 aromatic heterocycles. The van der Waals surface area contributed by atoms with Crippen molar-refractivity contribution in [2.75, 3.05) is 6.61 Å². The number of ether oxygens (including phenoxy) is 2. The van der Waals surface area contributed by atoms with Crippen molar-refractivity contribution in [1.82, 2.24) is 0 Å². The fourth-order valence-electron chi connectivity index (χ4n) is 1.91. The van der Waals surface area contributed by atoms with Gasteiger partial charge in [-0.05, 0) is 55.5 Å². The van der Waals surface area contributed by atoms with Crippen LogP contribution in [0.4, 0.5) is 22.0 Å². The highest BCUT2D eigenvalue weighted by atomic mass is 19.4. The van der Waals surface area contributed by atoms with Crippen LogP contribution in [0, 0.1) is 0 Å². The zero-order chi connectivity index (χ0) is 18.7. The van der Waals surface area contributed by atoms with Crippen LogP contribution >= 0.6 is 0 Å².